The van der Waals surface area contributed by atoms with E-state index >= 15 is 0 Å². The number of rotatable bonds is 11. The number of carbonyl (C=O) groups excluding carboxylic acids is 1. The predicted octanol–water partition coefficient (Wildman–Crippen LogP) is 1.91. The Morgan fingerprint density at radius 2 is 2.12 bits per heavy atom. The van der Waals surface area contributed by atoms with Crippen LogP contribution >= 0.6 is 11.8 Å². The van der Waals surface area contributed by atoms with Gasteiger partial charge >= 0.3 is 0 Å². The highest BCUT2D eigenvalue weighted by molar-refractivity contribution is 7.99. The van der Waals surface area contributed by atoms with Gasteiger partial charge in [0.2, 0.25) is 5.91 Å². The zero-order chi connectivity index (χ0) is 18.1. The van der Waals surface area contributed by atoms with Gasteiger partial charge in [0.25, 0.3) is 0 Å². The molecule has 0 aliphatic carbocycles. The summed E-state index contributed by atoms with van der Waals surface area (Å²) in [5.74, 6) is 1.70. The fourth-order valence-corrected chi connectivity index (χ4v) is 2.80. The van der Waals surface area contributed by atoms with Gasteiger partial charge in [-0.25, -0.2) is 14.6 Å². The predicted molar refractivity (Wildman–Crippen MR) is 100 cm³/mol. The van der Waals surface area contributed by atoms with Crippen LogP contribution in [0.2, 0.25) is 0 Å². The minimum Gasteiger partial charge on any atom is -0.380 e. The van der Waals surface area contributed by atoms with E-state index in [0.717, 1.165) is 22.6 Å². The average molecular weight is 366 g/mol. The first-order valence-corrected chi connectivity index (χ1v) is 9.62. The number of aromatic nitrogens is 4. The molecule has 0 atom stereocenters. The number of thioether (sulfide) groups is 1. The number of carbonyl (C=O) groups is 1. The van der Waals surface area contributed by atoms with Crippen molar-refractivity contribution in [3.05, 3.63) is 6.20 Å². The van der Waals surface area contributed by atoms with Gasteiger partial charge in [-0.15, -0.1) is 0 Å². The van der Waals surface area contributed by atoms with Gasteiger partial charge in [-0.3, -0.25) is 4.79 Å². The van der Waals surface area contributed by atoms with Gasteiger partial charge in [0, 0.05) is 26.1 Å². The van der Waals surface area contributed by atoms with Gasteiger partial charge in [0.1, 0.15) is 5.82 Å². The van der Waals surface area contributed by atoms with E-state index < -0.39 is 0 Å². The Labute approximate surface area is 152 Å². The van der Waals surface area contributed by atoms with E-state index in [1.54, 1.807) is 22.6 Å². The Hall–Kier alpha value is -1.87. The molecule has 138 valence electrons. The minimum atomic E-state index is 0.0339. The van der Waals surface area contributed by atoms with Crippen LogP contribution in [-0.2, 0) is 16.1 Å². The highest BCUT2D eigenvalue weighted by Gasteiger charge is 2.13. The molecule has 2 N–H and O–H groups in total. The molecule has 0 aliphatic rings. The molecule has 2 rings (SSSR count). The van der Waals surface area contributed by atoms with Crippen molar-refractivity contribution in [1.82, 2.24) is 25.1 Å². The van der Waals surface area contributed by atoms with E-state index in [2.05, 4.69) is 32.6 Å². The molecule has 0 radical (unpaired) electrons. The molecule has 0 aliphatic heterocycles. The summed E-state index contributed by atoms with van der Waals surface area (Å²) in [5.41, 5.74) is 0.774. The summed E-state index contributed by atoms with van der Waals surface area (Å²) in [6.45, 7) is 8.96. The maximum Gasteiger partial charge on any atom is 0.219 e. The minimum absolute atomic E-state index is 0.0339. The Bertz CT molecular complexity index is 691. The van der Waals surface area contributed by atoms with Crippen LogP contribution < -0.4 is 10.6 Å². The fourth-order valence-electron chi connectivity index (χ4n) is 2.24. The van der Waals surface area contributed by atoms with E-state index in [1.165, 1.54) is 0 Å². The smallest absolute Gasteiger partial charge is 0.219 e. The van der Waals surface area contributed by atoms with Gasteiger partial charge in [-0.2, -0.15) is 5.10 Å². The summed E-state index contributed by atoms with van der Waals surface area (Å²) in [5, 5.41) is 12.2. The average Bonchev–Trinajstić information content (AvgIpc) is 3.02. The van der Waals surface area contributed by atoms with Gasteiger partial charge in [0.15, 0.2) is 10.8 Å². The van der Waals surface area contributed by atoms with E-state index in [4.69, 9.17) is 4.74 Å². The molecule has 0 spiro atoms. The van der Waals surface area contributed by atoms with Crippen LogP contribution in [0.25, 0.3) is 11.0 Å². The quantitative estimate of drug-likeness (QED) is 0.356. The number of amides is 1. The van der Waals surface area contributed by atoms with E-state index in [1.807, 2.05) is 13.8 Å². The lowest BCUT2D eigenvalue weighted by molar-refractivity contribution is -0.120. The second kappa shape index (κ2) is 10.2. The molecule has 0 saturated carbocycles. The summed E-state index contributed by atoms with van der Waals surface area (Å²) >= 11 is 1.59. The van der Waals surface area contributed by atoms with Crippen molar-refractivity contribution < 1.29 is 9.53 Å². The maximum atomic E-state index is 11.4. The SMILES string of the molecule is CCOCCNc1nc(SCC)nc2c1cnn2CCNC(=O)CC. The topological polar surface area (TPSA) is 94.0 Å². The molecule has 8 nitrogen and oxygen atoms in total. The third-order valence-corrected chi connectivity index (χ3v) is 4.19. The van der Waals surface area contributed by atoms with Crippen LogP contribution in [-0.4, -0.2) is 57.7 Å². The molecule has 0 saturated heterocycles. The van der Waals surface area contributed by atoms with Crippen LogP contribution in [0.4, 0.5) is 5.82 Å². The van der Waals surface area contributed by atoms with Gasteiger partial charge in [-0.1, -0.05) is 25.6 Å². The van der Waals surface area contributed by atoms with Crippen molar-refractivity contribution in [3.63, 3.8) is 0 Å². The molecule has 2 aromatic heterocycles. The second-order valence-corrected chi connectivity index (χ2v) is 6.45. The third-order valence-electron chi connectivity index (χ3n) is 3.46. The first-order chi connectivity index (χ1) is 12.2. The van der Waals surface area contributed by atoms with Gasteiger partial charge < -0.3 is 15.4 Å². The number of ether oxygens (including phenoxy) is 1. The molecule has 9 heteroatoms. The van der Waals surface area contributed by atoms with Crippen molar-refractivity contribution in [3.8, 4) is 0 Å². The van der Waals surface area contributed by atoms with Crippen molar-refractivity contribution in [1.29, 1.82) is 0 Å². The molecular weight excluding hydrogens is 340 g/mol. The highest BCUT2D eigenvalue weighted by atomic mass is 32.2. The molecule has 25 heavy (non-hydrogen) atoms. The Morgan fingerprint density at radius 3 is 2.84 bits per heavy atom. The second-order valence-electron chi connectivity index (χ2n) is 5.22. The van der Waals surface area contributed by atoms with Crippen LogP contribution in [0.1, 0.15) is 27.2 Å². The summed E-state index contributed by atoms with van der Waals surface area (Å²) in [6, 6.07) is 0. The van der Waals surface area contributed by atoms with Crippen molar-refractivity contribution >= 4 is 34.5 Å². The first-order valence-electron chi connectivity index (χ1n) is 8.64. The fraction of sp³-hybridized carbons (Fsp3) is 0.625. The molecule has 0 fully saturated rings. The standard InChI is InChI=1S/C16H26N6O2S/c1-4-13(23)17-7-9-22-15-12(11-19-22)14(18-8-10-24-5-2)20-16(21-15)25-6-3/h11H,4-10H2,1-3H3,(H,17,23)(H,18,20,21). The molecular formula is C16H26N6O2S. The lowest BCUT2D eigenvalue weighted by atomic mass is 10.4. The zero-order valence-electron chi connectivity index (χ0n) is 15.0. The lowest BCUT2D eigenvalue weighted by Crippen LogP contribution is -2.26. The number of hydrogen-bond donors (Lipinski definition) is 2. The summed E-state index contributed by atoms with van der Waals surface area (Å²) < 4.78 is 7.17. The lowest BCUT2D eigenvalue weighted by Gasteiger charge is -2.09. The zero-order valence-corrected chi connectivity index (χ0v) is 15.9. The number of nitrogens with one attached hydrogen (secondary N) is 2. The Kier molecular flexibility index (Phi) is 7.93. The summed E-state index contributed by atoms with van der Waals surface area (Å²) in [6.07, 6.45) is 2.24. The Balaban J connectivity index is 2.17. The van der Waals surface area contributed by atoms with Crippen LogP contribution in [0.5, 0.6) is 0 Å². The van der Waals surface area contributed by atoms with Crippen molar-refractivity contribution in [2.45, 2.75) is 38.9 Å². The van der Waals surface area contributed by atoms with Crippen LogP contribution in [0, 0.1) is 0 Å². The number of hydrogen-bond acceptors (Lipinski definition) is 7. The number of nitrogens with zero attached hydrogens (tertiary/aromatic N) is 4. The van der Waals surface area contributed by atoms with Crippen LogP contribution in [0.15, 0.2) is 11.4 Å². The summed E-state index contributed by atoms with van der Waals surface area (Å²) in [4.78, 5) is 20.6. The molecule has 0 bridgehead atoms. The molecule has 2 heterocycles. The molecule has 0 unspecified atom stereocenters. The normalized spacial score (nSPS) is 11.0. The molecule has 2 aromatic rings. The van der Waals surface area contributed by atoms with Crippen molar-refractivity contribution in [2.75, 3.05) is 37.4 Å². The van der Waals surface area contributed by atoms with Crippen LogP contribution in [0.3, 0.4) is 0 Å². The largest absolute Gasteiger partial charge is 0.380 e. The van der Waals surface area contributed by atoms with E-state index in [-0.39, 0.29) is 5.91 Å². The number of fused-ring (bicyclic) bond motifs is 1. The molecule has 1 amide bonds. The maximum absolute atomic E-state index is 11.4. The number of anilines is 1. The highest BCUT2D eigenvalue weighted by Crippen LogP contribution is 2.24. The van der Waals surface area contributed by atoms with E-state index in [9.17, 15) is 4.79 Å². The van der Waals surface area contributed by atoms with E-state index in [0.29, 0.717) is 44.4 Å². The van der Waals surface area contributed by atoms with Gasteiger partial charge in [-0.05, 0) is 12.7 Å². The third kappa shape index (κ3) is 5.57. The Morgan fingerprint density at radius 1 is 1.28 bits per heavy atom. The van der Waals surface area contributed by atoms with Gasteiger partial charge in [0.05, 0.1) is 24.7 Å². The van der Waals surface area contributed by atoms with Crippen molar-refractivity contribution in [2.24, 2.45) is 0 Å². The monoisotopic (exact) mass is 366 g/mol. The summed E-state index contributed by atoms with van der Waals surface area (Å²) in [7, 11) is 0. The first kappa shape index (κ1) is 19.5. The molecule has 0 aromatic carbocycles.